The molecule has 2 aromatic carbocycles. The lowest BCUT2D eigenvalue weighted by molar-refractivity contribution is 0.619. The van der Waals surface area contributed by atoms with E-state index in [2.05, 4.69) is 0 Å². The molecule has 0 nitrogen and oxygen atoms in total. The Kier molecular flexibility index (Phi) is 3.64. The van der Waals surface area contributed by atoms with Crippen molar-refractivity contribution in [2.75, 3.05) is 0 Å². The molecule has 0 aliphatic heterocycles. The van der Waals surface area contributed by atoms with Crippen molar-refractivity contribution in [3.8, 4) is 0 Å². The molecular formula is C12H8FIS. The minimum absolute atomic E-state index is 0.159. The van der Waals surface area contributed by atoms with E-state index in [4.69, 9.17) is 0 Å². The molecule has 0 saturated heterocycles. The first kappa shape index (κ1) is 11.0. The summed E-state index contributed by atoms with van der Waals surface area (Å²) in [6.07, 6.45) is 0. The van der Waals surface area contributed by atoms with Crippen LogP contribution in [0.15, 0.2) is 58.3 Å². The van der Waals surface area contributed by atoms with Gasteiger partial charge in [-0.2, -0.15) is 0 Å². The number of hydrogen-bond donors (Lipinski definition) is 0. The molecule has 0 aliphatic carbocycles. The predicted octanol–water partition coefficient (Wildman–Crippen LogP) is 4.58. The van der Waals surface area contributed by atoms with Gasteiger partial charge in [0.25, 0.3) is 0 Å². The Hall–Kier alpha value is -0.550. The zero-order valence-corrected chi connectivity index (χ0v) is 10.8. The molecule has 0 aromatic heterocycles. The summed E-state index contributed by atoms with van der Waals surface area (Å²) in [6.45, 7) is 0. The quantitative estimate of drug-likeness (QED) is 0.726. The molecule has 2 rings (SSSR count). The fourth-order valence-electron chi connectivity index (χ4n) is 1.16. The van der Waals surface area contributed by atoms with Crippen LogP contribution in [0.1, 0.15) is 0 Å². The van der Waals surface area contributed by atoms with Gasteiger partial charge in [-0.05, 0) is 52.9 Å². The highest BCUT2D eigenvalue weighted by Crippen LogP contribution is 2.28. The maximum atomic E-state index is 13.0. The van der Waals surface area contributed by atoms with Gasteiger partial charge in [0.1, 0.15) is 5.82 Å². The molecule has 15 heavy (non-hydrogen) atoms. The largest absolute Gasteiger partial charge is 0.206 e. The lowest BCUT2D eigenvalue weighted by Crippen LogP contribution is -1.81. The molecule has 76 valence electrons. The van der Waals surface area contributed by atoms with Crippen LogP contribution in [-0.4, -0.2) is 0 Å². The Labute approximate surface area is 106 Å². The zero-order valence-electron chi connectivity index (χ0n) is 7.78. The number of hydrogen-bond acceptors (Lipinski definition) is 1. The third-order valence-electron chi connectivity index (χ3n) is 1.87. The van der Waals surface area contributed by atoms with Crippen LogP contribution < -0.4 is 0 Å². The minimum Gasteiger partial charge on any atom is -0.206 e. The van der Waals surface area contributed by atoms with Crippen molar-refractivity contribution in [2.24, 2.45) is 0 Å². The van der Waals surface area contributed by atoms with Gasteiger partial charge >= 0.3 is 0 Å². The van der Waals surface area contributed by atoms with Crippen LogP contribution in [0.25, 0.3) is 0 Å². The van der Waals surface area contributed by atoms with E-state index in [0.29, 0.717) is 3.57 Å². The summed E-state index contributed by atoms with van der Waals surface area (Å²) in [6, 6.07) is 15.2. The number of rotatable bonds is 2. The SMILES string of the molecule is Fc1ccc(Sc2ccccc2)cc1I. The van der Waals surface area contributed by atoms with Gasteiger partial charge in [0.15, 0.2) is 0 Å². The molecule has 0 saturated carbocycles. The molecule has 3 heteroatoms. The topological polar surface area (TPSA) is 0 Å². The molecule has 2 aromatic rings. The highest BCUT2D eigenvalue weighted by Gasteiger charge is 2.01. The van der Waals surface area contributed by atoms with Crippen LogP contribution >= 0.6 is 34.4 Å². The predicted molar refractivity (Wildman–Crippen MR) is 69.7 cm³/mol. The summed E-state index contributed by atoms with van der Waals surface area (Å²) >= 11 is 3.64. The Morgan fingerprint density at radius 1 is 0.933 bits per heavy atom. The fourth-order valence-corrected chi connectivity index (χ4v) is 2.77. The Balaban J connectivity index is 2.22. The maximum absolute atomic E-state index is 13.0. The van der Waals surface area contributed by atoms with Crippen LogP contribution in [0.4, 0.5) is 4.39 Å². The molecule has 0 unspecified atom stereocenters. The summed E-state index contributed by atoms with van der Waals surface area (Å²) in [5, 5.41) is 0. The molecule has 0 spiro atoms. The van der Waals surface area contributed by atoms with E-state index in [-0.39, 0.29) is 5.82 Å². The van der Waals surface area contributed by atoms with Crippen LogP contribution in [0.3, 0.4) is 0 Å². The van der Waals surface area contributed by atoms with Crippen molar-refractivity contribution < 1.29 is 4.39 Å². The molecule has 0 heterocycles. The standard InChI is InChI=1S/C12H8FIS/c13-11-7-6-10(8-12(11)14)15-9-4-2-1-3-5-9/h1-8H. The lowest BCUT2D eigenvalue weighted by atomic mass is 10.3. The minimum atomic E-state index is -0.159. The smallest absolute Gasteiger partial charge is 0.136 e. The molecule has 0 radical (unpaired) electrons. The highest BCUT2D eigenvalue weighted by molar-refractivity contribution is 14.1. The van der Waals surface area contributed by atoms with E-state index < -0.39 is 0 Å². The molecule has 0 fully saturated rings. The van der Waals surface area contributed by atoms with Crippen LogP contribution in [-0.2, 0) is 0 Å². The second-order valence-corrected chi connectivity index (χ2v) is 5.30. The van der Waals surface area contributed by atoms with Crippen molar-refractivity contribution in [1.29, 1.82) is 0 Å². The second kappa shape index (κ2) is 4.99. The molecule has 0 bridgehead atoms. The summed E-state index contributed by atoms with van der Waals surface area (Å²) < 4.78 is 13.7. The number of halogens is 2. The summed E-state index contributed by atoms with van der Waals surface area (Å²) in [5.41, 5.74) is 0. The van der Waals surface area contributed by atoms with E-state index in [9.17, 15) is 4.39 Å². The van der Waals surface area contributed by atoms with Crippen LogP contribution in [0.5, 0.6) is 0 Å². The van der Waals surface area contributed by atoms with Gasteiger partial charge in [-0.1, -0.05) is 30.0 Å². The van der Waals surface area contributed by atoms with Gasteiger partial charge in [0, 0.05) is 13.4 Å². The van der Waals surface area contributed by atoms with E-state index in [1.54, 1.807) is 17.8 Å². The van der Waals surface area contributed by atoms with E-state index in [1.165, 1.54) is 11.0 Å². The lowest BCUT2D eigenvalue weighted by Gasteiger charge is -2.02. The molecule has 0 N–H and O–H groups in total. The van der Waals surface area contributed by atoms with Crippen molar-refractivity contribution in [3.05, 3.63) is 57.9 Å². The Morgan fingerprint density at radius 2 is 1.67 bits per heavy atom. The van der Waals surface area contributed by atoms with Gasteiger partial charge in [-0.15, -0.1) is 0 Å². The number of benzene rings is 2. The van der Waals surface area contributed by atoms with Crippen LogP contribution in [0, 0.1) is 9.39 Å². The first-order valence-corrected chi connectivity index (χ1v) is 6.33. The summed E-state index contributed by atoms with van der Waals surface area (Å²) in [7, 11) is 0. The normalized spacial score (nSPS) is 10.3. The monoisotopic (exact) mass is 330 g/mol. The molecule has 0 atom stereocenters. The van der Waals surface area contributed by atoms with E-state index in [0.717, 1.165) is 4.90 Å². The van der Waals surface area contributed by atoms with Crippen LogP contribution in [0.2, 0.25) is 0 Å². The third kappa shape index (κ3) is 2.95. The van der Waals surface area contributed by atoms with Gasteiger partial charge < -0.3 is 0 Å². The fraction of sp³-hybridized carbons (Fsp3) is 0. The van der Waals surface area contributed by atoms with Gasteiger partial charge in [0.2, 0.25) is 0 Å². The zero-order chi connectivity index (χ0) is 10.7. The first-order chi connectivity index (χ1) is 7.25. The first-order valence-electron chi connectivity index (χ1n) is 4.43. The third-order valence-corrected chi connectivity index (χ3v) is 3.69. The maximum Gasteiger partial charge on any atom is 0.136 e. The average molecular weight is 330 g/mol. The molecular weight excluding hydrogens is 322 g/mol. The second-order valence-electron chi connectivity index (χ2n) is 2.99. The van der Waals surface area contributed by atoms with E-state index in [1.807, 2.05) is 59.0 Å². The summed E-state index contributed by atoms with van der Waals surface area (Å²) in [4.78, 5) is 2.23. The Bertz CT molecular complexity index is 456. The molecule has 0 amide bonds. The highest BCUT2D eigenvalue weighted by atomic mass is 127. The van der Waals surface area contributed by atoms with Crippen molar-refractivity contribution in [1.82, 2.24) is 0 Å². The van der Waals surface area contributed by atoms with Gasteiger partial charge in [-0.25, -0.2) is 4.39 Å². The summed E-state index contributed by atoms with van der Waals surface area (Å²) in [5.74, 6) is -0.159. The Morgan fingerprint density at radius 3 is 2.33 bits per heavy atom. The van der Waals surface area contributed by atoms with Crippen molar-refractivity contribution in [3.63, 3.8) is 0 Å². The van der Waals surface area contributed by atoms with E-state index >= 15 is 0 Å². The van der Waals surface area contributed by atoms with Crippen molar-refractivity contribution >= 4 is 34.4 Å². The van der Waals surface area contributed by atoms with Gasteiger partial charge in [0.05, 0.1) is 0 Å². The average Bonchev–Trinajstić information content (AvgIpc) is 2.25. The molecule has 0 aliphatic rings. The van der Waals surface area contributed by atoms with Gasteiger partial charge in [-0.3, -0.25) is 0 Å². The van der Waals surface area contributed by atoms with Crippen molar-refractivity contribution in [2.45, 2.75) is 9.79 Å².